The van der Waals surface area contributed by atoms with E-state index < -0.39 is 17.2 Å². The van der Waals surface area contributed by atoms with Crippen molar-refractivity contribution in [1.29, 1.82) is 0 Å². The number of aromatic nitrogens is 4. The highest BCUT2D eigenvalue weighted by molar-refractivity contribution is 7.09. The molecule has 0 atom stereocenters. The second-order valence-electron chi connectivity index (χ2n) is 6.95. The molecule has 29 heavy (non-hydrogen) atoms. The number of nitrogens with one attached hydrogen (secondary N) is 1. The zero-order valence-corrected chi connectivity index (χ0v) is 16.8. The van der Waals surface area contributed by atoms with E-state index in [1.54, 1.807) is 11.5 Å². The molecule has 0 aromatic carbocycles. The molecule has 1 N–H and O–H groups in total. The van der Waals surface area contributed by atoms with Gasteiger partial charge in [-0.05, 0) is 30.7 Å². The number of fused-ring (bicyclic) bond motifs is 1. The van der Waals surface area contributed by atoms with Crippen LogP contribution in [-0.2, 0) is 30.8 Å². The number of hydrogen-bond acceptors (Lipinski definition) is 7. The molecule has 3 aromatic heterocycles. The summed E-state index contributed by atoms with van der Waals surface area (Å²) in [6, 6.07) is 3.81. The summed E-state index contributed by atoms with van der Waals surface area (Å²) >= 11 is 1.52. The lowest BCUT2D eigenvalue weighted by atomic mass is 10.1. The molecule has 4 rings (SSSR count). The SMILES string of the molecule is Cc1nc(-c2c3n(c(=O)n(CC(=O)NCc4cccs4)c2=O)CCCCC3)no1. The molecule has 0 bridgehead atoms. The summed E-state index contributed by atoms with van der Waals surface area (Å²) in [5.74, 6) is 0.0890. The zero-order chi connectivity index (χ0) is 20.4. The smallest absolute Gasteiger partial charge is 0.331 e. The van der Waals surface area contributed by atoms with E-state index >= 15 is 0 Å². The van der Waals surface area contributed by atoms with Crippen LogP contribution < -0.4 is 16.6 Å². The lowest BCUT2D eigenvalue weighted by Crippen LogP contribution is -2.45. The molecule has 0 spiro atoms. The minimum absolute atomic E-state index is 0.158. The minimum atomic E-state index is -0.560. The third kappa shape index (κ3) is 3.93. The molecular weight excluding hydrogens is 394 g/mol. The number of rotatable bonds is 5. The summed E-state index contributed by atoms with van der Waals surface area (Å²) in [6.45, 7) is 2.14. The third-order valence-electron chi connectivity index (χ3n) is 4.92. The van der Waals surface area contributed by atoms with Crippen LogP contribution in [0, 0.1) is 6.92 Å². The van der Waals surface area contributed by atoms with Crippen LogP contribution in [0.15, 0.2) is 31.6 Å². The van der Waals surface area contributed by atoms with Gasteiger partial charge >= 0.3 is 5.69 Å². The second-order valence-corrected chi connectivity index (χ2v) is 7.98. The number of carbonyl (C=O) groups is 1. The maximum atomic E-state index is 13.2. The molecule has 10 heteroatoms. The van der Waals surface area contributed by atoms with Crippen molar-refractivity contribution in [3.8, 4) is 11.4 Å². The van der Waals surface area contributed by atoms with Gasteiger partial charge in [-0.1, -0.05) is 17.6 Å². The molecule has 1 amide bonds. The van der Waals surface area contributed by atoms with Crippen molar-refractivity contribution in [2.24, 2.45) is 0 Å². The Balaban J connectivity index is 1.73. The van der Waals surface area contributed by atoms with E-state index in [0.29, 0.717) is 31.1 Å². The number of carbonyl (C=O) groups excluding carboxylic acids is 1. The monoisotopic (exact) mass is 415 g/mol. The Bertz CT molecular complexity index is 1140. The first-order valence-corrected chi connectivity index (χ1v) is 10.4. The van der Waals surface area contributed by atoms with E-state index in [2.05, 4.69) is 15.5 Å². The molecule has 1 aliphatic rings. The Morgan fingerprint density at radius 2 is 2.17 bits per heavy atom. The highest BCUT2D eigenvalue weighted by atomic mass is 32.1. The van der Waals surface area contributed by atoms with Gasteiger partial charge in [0.25, 0.3) is 5.56 Å². The van der Waals surface area contributed by atoms with Crippen LogP contribution in [0.1, 0.15) is 35.7 Å². The number of nitrogens with zero attached hydrogens (tertiary/aromatic N) is 4. The lowest BCUT2D eigenvalue weighted by molar-refractivity contribution is -0.121. The van der Waals surface area contributed by atoms with Crippen molar-refractivity contribution in [1.82, 2.24) is 24.6 Å². The van der Waals surface area contributed by atoms with Crippen molar-refractivity contribution in [2.45, 2.75) is 52.2 Å². The molecular formula is C19H21N5O4S. The molecule has 0 unspecified atom stereocenters. The van der Waals surface area contributed by atoms with Crippen LogP contribution in [-0.4, -0.2) is 25.2 Å². The predicted molar refractivity (Wildman–Crippen MR) is 107 cm³/mol. The highest BCUT2D eigenvalue weighted by Gasteiger charge is 2.25. The van der Waals surface area contributed by atoms with Gasteiger partial charge in [-0.25, -0.2) is 4.79 Å². The largest absolute Gasteiger partial charge is 0.350 e. The quantitative estimate of drug-likeness (QED) is 0.675. The first-order chi connectivity index (χ1) is 14.0. The fraction of sp³-hybridized carbons (Fsp3) is 0.421. The first-order valence-electron chi connectivity index (χ1n) is 9.51. The van der Waals surface area contributed by atoms with Crippen LogP contribution in [0.4, 0.5) is 0 Å². The van der Waals surface area contributed by atoms with Crippen LogP contribution in [0.5, 0.6) is 0 Å². The summed E-state index contributed by atoms with van der Waals surface area (Å²) < 4.78 is 7.61. The van der Waals surface area contributed by atoms with Gasteiger partial charge in [0.15, 0.2) is 0 Å². The molecule has 4 heterocycles. The Labute approximate surface area is 170 Å². The average molecular weight is 415 g/mol. The number of aryl methyl sites for hydroxylation is 1. The van der Waals surface area contributed by atoms with Crippen LogP contribution in [0.3, 0.4) is 0 Å². The van der Waals surface area contributed by atoms with E-state index in [9.17, 15) is 14.4 Å². The van der Waals surface area contributed by atoms with Gasteiger partial charge in [0, 0.05) is 24.0 Å². The normalized spacial score (nSPS) is 13.7. The Morgan fingerprint density at radius 1 is 1.31 bits per heavy atom. The molecule has 1 aliphatic heterocycles. The maximum Gasteiger partial charge on any atom is 0.331 e. The van der Waals surface area contributed by atoms with Crippen molar-refractivity contribution in [2.75, 3.05) is 0 Å². The molecule has 0 saturated heterocycles. The average Bonchev–Trinajstić information content (AvgIpc) is 3.31. The summed E-state index contributed by atoms with van der Waals surface area (Å²) in [5, 5.41) is 8.57. The standard InChI is InChI=1S/C19H21N5O4S/c1-12-21-17(22-28-12)16-14-7-3-2-4-8-23(14)19(27)24(18(16)26)11-15(25)20-10-13-6-5-9-29-13/h5-6,9H,2-4,7-8,10-11H2,1H3,(H,20,25). The minimum Gasteiger partial charge on any atom is -0.350 e. The fourth-order valence-electron chi connectivity index (χ4n) is 3.53. The third-order valence-corrected chi connectivity index (χ3v) is 5.80. The Morgan fingerprint density at radius 3 is 2.90 bits per heavy atom. The van der Waals surface area contributed by atoms with E-state index in [1.165, 1.54) is 11.3 Å². The number of thiophene rings is 1. The van der Waals surface area contributed by atoms with Gasteiger partial charge in [0.1, 0.15) is 12.1 Å². The molecule has 152 valence electrons. The van der Waals surface area contributed by atoms with Crippen LogP contribution >= 0.6 is 11.3 Å². The second kappa shape index (κ2) is 8.16. The molecule has 0 saturated carbocycles. The van der Waals surface area contributed by atoms with Gasteiger partial charge in [-0.2, -0.15) is 4.98 Å². The van der Waals surface area contributed by atoms with Gasteiger partial charge in [-0.15, -0.1) is 11.3 Å². The van der Waals surface area contributed by atoms with Crippen molar-refractivity contribution >= 4 is 17.2 Å². The highest BCUT2D eigenvalue weighted by Crippen LogP contribution is 2.21. The van der Waals surface area contributed by atoms with E-state index in [4.69, 9.17) is 4.52 Å². The van der Waals surface area contributed by atoms with Crippen molar-refractivity contribution in [3.63, 3.8) is 0 Å². The molecule has 3 aromatic rings. The maximum absolute atomic E-state index is 13.2. The van der Waals surface area contributed by atoms with Gasteiger partial charge < -0.3 is 9.84 Å². The summed E-state index contributed by atoms with van der Waals surface area (Å²) in [5.41, 5.74) is -0.166. The van der Waals surface area contributed by atoms with Gasteiger partial charge in [0.05, 0.1) is 6.54 Å². The molecule has 0 aliphatic carbocycles. The van der Waals surface area contributed by atoms with Gasteiger partial charge in [0.2, 0.25) is 17.6 Å². The summed E-state index contributed by atoms with van der Waals surface area (Å²) in [4.78, 5) is 43.9. The number of amides is 1. The Kier molecular flexibility index (Phi) is 5.43. The summed E-state index contributed by atoms with van der Waals surface area (Å²) in [7, 11) is 0. The topological polar surface area (TPSA) is 112 Å². The van der Waals surface area contributed by atoms with Crippen LogP contribution in [0.2, 0.25) is 0 Å². The molecule has 0 radical (unpaired) electrons. The first kappa shape index (κ1) is 19.3. The fourth-order valence-corrected chi connectivity index (χ4v) is 4.18. The van der Waals surface area contributed by atoms with Gasteiger partial charge in [-0.3, -0.25) is 18.7 Å². The lowest BCUT2D eigenvalue weighted by Gasteiger charge is -2.16. The Hall–Kier alpha value is -3.01. The zero-order valence-electron chi connectivity index (χ0n) is 16.0. The van der Waals surface area contributed by atoms with E-state index in [-0.39, 0.29) is 17.9 Å². The van der Waals surface area contributed by atoms with Crippen molar-refractivity contribution < 1.29 is 9.32 Å². The predicted octanol–water partition coefficient (Wildman–Crippen LogP) is 1.47. The van der Waals surface area contributed by atoms with E-state index in [1.807, 2.05) is 17.5 Å². The summed E-state index contributed by atoms with van der Waals surface area (Å²) in [6.07, 6.45) is 3.24. The number of hydrogen-bond donors (Lipinski definition) is 1. The molecule has 0 fully saturated rings. The van der Waals surface area contributed by atoms with E-state index in [0.717, 1.165) is 28.7 Å². The molecule has 9 nitrogen and oxygen atoms in total. The van der Waals surface area contributed by atoms with Crippen molar-refractivity contribution in [3.05, 3.63) is 54.8 Å². The van der Waals surface area contributed by atoms with Crippen LogP contribution in [0.25, 0.3) is 11.4 Å².